The molecule has 0 spiro atoms. The molecular weight excluding hydrogens is 213 g/mol. The van der Waals surface area contributed by atoms with Crippen molar-refractivity contribution in [3.8, 4) is 0 Å². The molecule has 0 amide bonds. The summed E-state index contributed by atoms with van der Waals surface area (Å²) in [6, 6.07) is 4.32. The highest BCUT2D eigenvalue weighted by molar-refractivity contribution is 6.31. The van der Waals surface area contributed by atoms with Crippen LogP contribution in [-0.4, -0.2) is 0 Å². The van der Waals surface area contributed by atoms with Gasteiger partial charge in [0, 0.05) is 11.1 Å². The van der Waals surface area contributed by atoms with E-state index in [2.05, 4.69) is 6.92 Å². The van der Waals surface area contributed by atoms with Crippen LogP contribution in [0.1, 0.15) is 44.2 Å². The maximum atomic E-state index is 12.8. The van der Waals surface area contributed by atoms with Crippen molar-refractivity contribution in [3.05, 3.63) is 34.6 Å². The molecule has 0 aliphatic carbocycles. The Labute approximate surface area is 95.4 Å². The van der Waals surface area contributed by atoms with Crippen LogP contribution < -0.4 is 5.73 Å². The van der Waals surface area contributed by atoms with Crippen molar-refractivity contribution < 1.29 is 4.39 Å². The van der Waals surface area contributed by atoms with E-state index < -0.39 is 0 Å². The molecule has 0 unspecified atom stereocenters. The average Bonchev–Trinajstić information content (AvgIpc) is 2.17. The number of unbranched alkanes of at least 4 members (excludes halogenated alkanes) is 2. The lowest BCUT2D eigenvalue weighted by Gasteiger charge is -2.13. The Bertz CT molecular complexity index is 314. The van der Waals surface area contributed by atoms with E-state index in [1.807, 2.05) is 0 Å². The van der Waals surface area contributed by atoms with Crippen molar-refractivity contribution in [2.75, 3.05) is 0 Å². The van der Waals surface area contributed by atoms with Crippen molar-refractivity contribution in [2.45, 2.75) is 38.6 Å². The number of rotatable bonds is 5. The lowest BCUT2D eigenvalue weighted by molar-refractivity contribution is 0.578. The van der Waals surface area contributed by atoms with Crippen LogP contribution in [0.2, 0.25) is 5.02 Å². The van der Waals surface area contributed by atoms with Gasteiger partial charge in [0.2, 0.25) is 0 Å². The summed E-state index contributed by atoms with van der Waals surface area (Å²) < 4.78 is 12.8. The summed E-state index contributed by atoms with van der Waals surface area (Å²) in [5.74, 6) is -0.315. The fraction of sp³-hybridized carbons (Fsp3) is 0.500. The second-order valence-electron chi connectivity index (χ2n) is 3.77. The van der Waals surface area contributed by atoms with Crippen LogP contribution in [0.15, 0.2) is 18.2 Å². The Morgan fingerprint density at radius 2 is 2.13 bits per heavy atom. The Hall–Kier alpha value is -0.600. The maximum Gasteiger partial charge on any atom is 0.124 e. The zero-order valence-corrected chi connectivity index (χ0v) is 9.73. The third-order valence-electron chi connectivity index (χ3n) is 2.48. The fourth-order valence-corrected chi connectivity index (χ4v) is 1.88. The third kappa shape index (κ3) is 3.80. The molecule has 0 saturated heterocycles. The molecule has 1 aromatic carbocycles. The molecule has 84 valence electrons. The second kappa shape index (κ2) is 6.09. The van der Waals surface area contributed by atoms with E-state index in [4.69, 9.17) is 17.3 Å². The number of nitrogens with two attached hydrogens (primary N) is 1. The predicted octanol–water partition coefficient (Wildman–Crippen LogP) is 4.06. The van der Waals surface area contributed by atoms with Crippen molar-refractivity contribution in [2.24, 2.45) is 5.73 Å². The van der Waals surface area contributed by atoms with Gasteiger partial charge < -0.3 is 5.73 Å². The van der Waals surface area contributed by atoms with Crippen LogP contribution in [0.5, 0.6) is 0 Å². The first-order valence-corrected chi connectivity index (χ1v) is 5.73. The zero-order chi connectivity index (χ0) is 11.3. The van der Waals surface area contributed by atoms with Gasteiger partial charge >= 0.3 is 0 Å². The van der Waals surface area contributed by atoms with Gasteiger partial charge in [-0.15, -0.1) is 0 Å². The molecule has 0 radical (unpaired) electrons. The minimum atomic E-state index is -0.315. The van der Waals surface area contributed by atoms with E-state index in [0.717, 1.165) is 18.4 Å². The molecule has 2 N–H and O–H groups in total. The van der Waals surface area contributed by atoms with Crippen LogP contribution in [0.25, 0.3) is 0 Å². The van der Waals surface area contributed by atoms with Gasteiger partial charge in [-0.1, -0.05) is 43.9 Å². The molecule has 0 heterocycles. The number of halogens is 2. The minimum Gasteiger partial charge on any atom is -0.324 e. The molecule has 0 fully saturated rings. The summed E-state index contributed by atoms with van der Waals surface area (Å²) in [6.45, 7) is 2.15. The SMILES string of the molecule is CCCCC[C@H](N)c1ccc(F)cc1Cl. The van der Waals surface area contributed by atoms with Gasteiger partial charge in [0.15, 0.2) is 0 Å². The van der Waals surface area contributed by atoms with Gasteiger partial charge in [0.25, 0.3) is 0 Å². The van der Waals surface area contributed by atoms with Gasteiger partial charge in [-0.3, -0.25) is 0 Å². The quantitative estimate of drug-likeness (QED) is 0.758. The Morgan fingerprint density at radius 3 is 2.73 bits per heavy atom. The first-order valence-electron chi connectivity index (χ1n) is 5.35. The predicted molar refractivity (Wildman–Crippen MR) is 62.5 cm³/mol. The summed E-state index contributed by atoms with van der Waals surface area (Å²) in [4.78, 5) is 0. The lowest BCUT2D eigenvalue weighted by atomic mass is 10.0. The van der Waals surface area contributed by atoms with Crippen LogP contribution in [0, 0.1) is 5.82 Å². The van der Waals surface area contributed by atoms with Crippen molar-refractivity contribution in [3.63, 3.8) is 0 Å². The molecule has 3 heteroatoms. The van der Waals surface area contributed by atoms with Crippen molar-refractivity contribution in [1.82, 2.24) is 0 Å². The molecule has 1 aromatic rings. The topological polar surface area (TPSA) is 26.0 Å². The van der Waals surface area contributed by atoms with E-state index in [9.17, 15) is 4.39 Å². The van der Waals surface area contributed by atoms with E-state index >= 15 is 0 Å². The molecule has 15 heavy (non-hydrogen) atoms. The monoisotopic (exact) mass is 229 g/mol. The van der Waals surface area contributed by atoms with Gasteiger partial charge in [0.1, 0.15) is 5.82 Å². The zero-order valence-electron chi connectivity index (χ0n) is 8.97. The van der Waals surface area contributed by atoms with Gasteiger partial charge in [-0.25, -0.2) is 4.39 Å². The Morgan fingerprint density at radius 1 is 1.40 bits per heavy atom. The molecule has 0 bridgehead atoms. The average molecular weight is 230 g/mol. The second-order valence-corrected chi connectivity index (χ2v) is 4.18. The molecular formula is C12H17ClFN. The number of hydrogen-bond acceptors (Lipinski definition) is 1. The van der Waals surface area contributed by atoms with Crippen LogP contribution >= 0.6 is 11.6 Å². The van der Waals surface area contributed by atoms with E-state index in [1.54, 1.807) is 6.07 Å². The first kappa shape index (κ1) is 12.5. The lowest BCUT2D eigenvalue weighted by Crippen LogP contribution is -2.10. The largest absolute Gasteiger partial charge is 0.324 e. The highest BCUT2D eigenvalue weighted by Gasteiger charge is 2.10. The van der Waals surface area contributed by atoms with E-state index in [0.29, 0.717) is 5.02 Å². The minimum absolute atomic E-state index is 0.0790. The Kier molecular flexibility index (Phi) is 5.06. The van der Waals surface area contributed by atoms with Crippen LogP contribution in [-0.2, 0) is 0 Å². The van der Waals surface area contributed by atoms with Crippen LogP contribution in [0.4, 0.5) is 4.39 Å². The molecule has 1 rings (SSSR count). The molecule has 0 aromatic heterocycles. The van der Waals surface area contributed by atoms with Gasteiger partial charge in [-0.2, -0.15) is 0 Å². The summed E-state index contributed by atoms with van der Waals surface area (Å²) in [7, 11) is 0. The summed E-state index contributed by atoms with van der Waals surface area (Å²) >= 11 is 5.92. The van der Waals surface area contributed by atoms with Crippen molar-refractivity contribution >= 4 is 11.6 Å². The smallest absolute Gasteiger partial charge is 0.124 e. The molecule has 0 saturated carbocycles. The van der Waals surface area contributed by atoms with Gasteiger partial charge in [0.05, 0.1) is 0 Å². The van der Waals surface area contributed by atoms with E-state index in [-0.39, 0.29) is 11.9 Å². The highest BCUT2D eigenvalue weighted by Crippen LogP contribution is 2.25. The van der Waals surface area contributed by atoms with Crippen LogP contribution in [0.3, 0.4) is 0 Å². The third-order valence-corrected chi connectivity index (χ3v) is 2.81. The number of benzene rings is 1. The summed E-state index contributed by atoms with van der Waals surface area (Å²) in [5, 5.41) is 0.430. The molecule has 0 aliphatic heterocycles. The molecule has 0 aliphatic rings. The van der Waals surface area contributed by atoms with Crippen molar-refractivity contribution in [1.29, 1.82) is 0 Å². The Balaban J connectivity index is 2.61. The van der Waals surface area contributed by atoms with E-state index in [1.165, 1.54) is 25.0 Å². The molecule has 1 nitrogen and oxygen atoms in total. The summed E-state index contributed by atoms with van der Waals surface area (Å²) in [5.41, 5.74) is 6.82. The maximum absolute atomic E-state index is 12.8. The summed E-state index contributed by atoms with van der Waals surface area (Å²) in [6.07, 6.45) is 4.33. The van der Waals surface area contributed by atoms with Gasteiger partial charge in [-0.05, 0) is 24.1 Å². The normalized spacial score (nSPS) is 12.8. The standard InChI is InChI=1S/C12H17ClFN/c1-2-3-4-5-12(15)10-7-6-9(14)8-11(10)13/h6-8,12H,2-5,15H2,1H3/t12-/m0/s1. The molecule has 1 atom stereocenters. The fourth-order valence-electron chi connectivity index (χ4n) is 1.57. The highest BCUT2D eigenvalue weighted by atomic mass is 35.5. The number of hydrogen-bond donors (Lipinski definition) is 1. The first-order chi connectivity index (χ1) is 7.15.